The number of aromatic nitrogens is 2. The van der Waals surface area contributed by atoms with Crippen molar-refractivity contribution in [3.8, 4) is 11.4 Å². The van der Waals surface area contributed by atoms with Crippen LogP contribution in [0.4, 0.5) is 0 Å². The predicted octanol–water partition coefficient (Wildman–Crippen LogP) is 2.14. The largest absolute Gasteiger partial charge is 0.344 e. The SMILES string of the molecule is Cl.Cl.Cl.NCc1c[nH]c(-c2ccccc2)n1.NO. The van der Waals surface area contributed by atoms with Gasteiger partial charge in [0, 0.05) is 18.3 Å². The van der Waals surface area contributed by atoms with Crippen LogP contribution in [0.5, 0.6) is 0 Å². The smallest absolute Gasteiger partial charge is 0.137 e. The summed E-state index contributed by atoms with van der Waals surface area (Å²) in [5.74, 6) is 4.38. The second kappa shape index (κ2) is 12.6. The Morgan fingerprint density at radius 1 is 1.06 bits per heavy atom. The van der Waals surface area contributed by atoms with Crippen LogP contribution in [0.15, 0.2) is 36.5 Å². The first-order valence-electron chi connectivity index (χ1n) is 4.46. The topological polar surface area (TPSA) is 101 Å². The van der Waals surface area contributed by atoms with Gasteiger partial charge < -0.3 is 15.9 Å². The zero-order valence-electron chi connectivity index (χ0n) is 9.45. The van der Waals surface area contributed by atoms with Gasteiger partial charge >= 0.3 is 0 Å². The summed E-state index contributed by atoms with van der Waals surface area (Å²) in [4.78, 5) is 7.40. The number of benzene rings is 1. The first kappa shape index (κ1) is 22.4. The van der Waals surface area contributed by atoms with E-state index in [4.69, 9.17) is 10.9 Å². The van der Waals surface area contributed by atoms with Gasteiger partial charge in [0.25, 0.3) is 0 Å². The molecule has 1 heterocycles. The second-order valence-corrected chi connectivity index (χ2v) is 2.81. The van der Waals surface area contributed by atoms with Crippen molar-refractivity contribution in [2.45, 2.75) is 6.54 Å². The van der Waals surface area contributed by atoms with Crippen molar-refractivity contribution in [3.05, 3.63) is 42.2 Å². The van der Waals surface area contributed by atoms with Crippen LogP contribution in [0.1, 0.15) is 5.69 Å². The Kier molecular flexibility index (Phi) is 15.7. The van der Waals surface area contributed by atoms with Gasteiger partial charge in [0.05, 0.1) is 5.69 Å². The molecule has 0 aliphatic rings. The molecule has 104 valence electrons. The fourth-order valence-electron chi connectivity index (χ4n) is 1.21. The lowest BCUT2D eigenvalue weighted by molar-refractivity contribution is 0.311. The van der Waals surface area contributed by atoms with Gasteiger partial charge in [-0.1, -0.05) is 30.3 Å². The minimum absolute atomic E-state index is 0. The Morgan fingerprint density at radius 2 is 1.61 bits per heavy atom. The van der Waals surface area contributed by atoms with Crippen molar-refractivity contribution >= 4 is 37.2 Å². The molecule has 0 radical (unpaired) electrons. The Labute approximate surface area is 124 Å². The molecule has 0 aliphatic heterocycles. The molecule has 0 spiro atoms. The normalized spacial score (nSPS) is 7.72. The van der Waals surface area contributed by atoms with Crippen LogP contribution in [-0.2, 0) is 6.54 Å². The Morgan fingerprint density at radius 3 is 2.06 bits per heavy atom. The summed E-state index contributed by atoms with van der Waals surface area (Å²) in [5.41, 5.74) is 7.43. The lowest BCUT2D eigenvalue weighted by Gasteiger charge is -1.93. The van der Waals surface area contributed by atoms with Crippen LogP contribution in [0, 0.1) is 0 Å². The highest BCUT2D eigenvalue weighted by atomic mass is 35.5. The Hall–Kier alpha value is -0.820. The average Bonchev–Trinajstić information content (AvgIpc) is 2.81. The van der Waals surface area contributed by atoms with Crippen molar-refractivity contribution in [2.75, 3.05) is 0 Å². The molecular weight excluding hydrogens is 298 g/mol. The molecule has 1 aromatic carbocycles. The van der Waals surface area contributed by atoms with Crippen molar-refractivity contribution in [3.63, 3.8) is 0 Å². The molecule has 2 rings (SSSR count). The first-order chi connectivity index (χ1) is 7.40. The summed E-state index contributed by atoms with van der Waals surface area (Å²) >= 11 is 0. The van der Waals surface area contributed by atoms with Crippen molar-refractivity contribution in [2.24, 2.45) is 11.6 Å². The lowest BCUT2D eigenvalue weighted by atomic mass is 10.2. The summed E-state index contributed by atoms with van der Waals surface area (Å²) in [6, 6.07) is 9.98. The number of hydrogen-bond acceptors (Lipinski definition) is 4. The first-order valence-corrected chi connectivity index (χ1v) is 4.46. The Balaban J connectivity index is -0.000000429. The number of rotatable bonds is 2. The molecule has 5 nitrogen and oxygen atoms in total. The molecule has 0 amide bonds. The van der Waals surface area contributed by atoms with Crippen LogP contribution in [-0.4, -0.2) is 15.2 Å². The van der Waals surface area contributed by atoms with Crippen molar-refractivity contribution in [1.82, 2.24) is 9.97 Å². The molecule has 2 aromatic rings. The van der Waals surface area contributed by atoms with Crippen molar-refractivity contribution in [1.29, 1.82) is 0 Å². The molecule has 0 aliphatic carbocycles. The third kappa shape index (κ3) is 6.20. The van der Waals surface area contributed by atoms with E-state index in [1.807, 2.05) is 36.5 Å². The van der Waals surface area contributed by atoms with E-state index in [-0.39, 0.29) is 37.2 Å². The van der Waals surface area contributed by atoms with Gasteiger partial charge in [0.2, 0.25) is 0 Å². The molecule has 8 heteroatoms. The van der Waals surface area contributed by atoms with Gasteiger partial charge in [0.15, 0.2) is 0 Å². The summed E-state index contributed by atoms with van der Waals surface area (Å²) in [5, 5.41) is 6.50. The van der Waals surface area contributed by atoms with Gasteiger partial charge in [-0.05, 0) is 0 Å². The molecule has 0 atom stereocenters. The van der Waals surface area contributed by atoms with E-state index < -0.39 is 0 Å². The number of H-pyrrole nitrogens is 1. The summed E-state index contributed by atoms with van der Waals surface area (Å²) in [7, 11) is 0. The number of hydrogen-bond donors (Lipinski definition) is 4. The van der Waals surface area contributed by atoms with Gasteiger partial charge in [0.1, 0.15) is 5.82 Å². The Bertz CT molecular complexity index is 397. The third-order valence-corrected chi connectivity index (χ3v) is 1.89. The highest BCUT2D eigenvalue weighted by Gasteiger charge is 2.00. The quantitative estimate of drug-likeness (QED) is 0.638. The molecule has 0 saturated carbocycles. The molecule has 6 N–H and O–H groups in total. The van der Waals surface area contributed by atoms with E-state index >= 15 is 0 Å². The second-order valence-electron chi connectivity index (χ2n) is 2.81. The number of aromatic amines is 1. The van der Waals surface area contributed by atoms with E-state index in [9.17, 15) is 0 Å². The van der Waals surface area contributed by atoms with E-state index in [0.717, 1.165) is 17.1 Å². The van der Waals surface area contributed by atoms with Gasteiger partial charge in [-0.25, -0.2) is 10.9 Å². The summed E-state index contributed by atoms with van der Waals surface area (Å²) in [6.45, 7) is 0.476. The highest BCUT2D eigenvalue weighted by Crippen LogP contribution is 2.13. The maximum atomic E-state index is 6.50. The maximum absolute atomic E-state index is 6.50. The van der Waals surface area contributed by atoms with Crippen LogP contribution in [0.2, 0.25) is 0 Å². The standard InChI is InChI=1S/C10H11N3.3ClH.H3NO/c11-6-9-7-12-10(13-9)8-4-2-1-3-5-8;;;;1-2/h1-5,7H,6,11H2,(H,12,13);3*1H;2H,1H2. The minimum Gasteiger partial charge on any atom is -0.344 e. The van der Waals surface area contributed by atoms with E-state index in [1.54, 1.807) is 0 Å². The molecule has 0 bridgehead atoms. The summed E-state index contributed by atoms with van der Waals surface area (Å²) in [6.07, 6.45) is 1.84. The minimum atomic E-state index is 0. The molecule has 1 aromatic heterocycles. The zero-order valence-corrected chi connectivity index (χ0v) is 11.9. The monoisotopic (exact) mass is 314 g/mol. The molecule has 0 saturated heterocycles. The number of nitrogens with two attached hydrogens (primary N) is 2. The fourth-order valence-corrected chi connectivity index (χ4v) is 1.21. The number of nitrogens with one attached hydrogen (secondary N) is 1. The van der Waals surface area contributed by atoms with Gasteiger partial charge in [-0.2, -0.15) is 0 Å². The lowest BCUT2D eigenvalue weighted by Crippen LogP contribution is -1.95. The maximum Gasteiger partial charge on any atom is 0.137 e. The molecule has 0 fully saturated rings. The van der Waals surface area contributed by atoms with Gasteiger partial charge in [-0.3, -0.25) is 0 Å². The molecule has 18 heavy (non-hydrogen) atoms. The van der Waals surface area contributed by atoms with E-state index in [1.165, 1.54) is 0 Å². The van der Waals surface area contributed by atoms with Gasteiger partial charge in [-0.15, -0.1) is 37.2 Å². The summed E-state index contributed by atoms with van der Waals surface area (Å²) < 4.78 is 0. The number of halogens is 3. The van der Waals surface area contributed by atoms with Crippen LogP contribution < -0.4 is 11.6 Å². The number of imidazole rings is 1. The van der Waals surface area contributed by atoms with Crippen LogP contribution in [0.3, 0.4) is 0 Å². The van der Waals surface area contributed by atoms with Crippen molar-refractivity contribution < 1.29 is 5.21 Å². The highest BCUT2D eigenvalue weighted by molar-refractivity contribution is 5.86. The fraction of sp³-hybridized carbons (Fsp3) is 0.100. The molecular formula is C10H17Cl3N4O. The van der Waals surface area contributed by atoms with E-state index in [0.29, 0.717) is 6.54 Å². The number of nitrogens with zero attached hydrogens (tertiary/aromatic N) is 1. The molecule has 0 unspecified atom stereocenters. The van der Waals surface area contributed by atoms with E-state index in [2.05, 4.69) is 15.9 Å². The van der Waals surface area contributed by atoms with Crippen LogP contribution in [0.25, 0.3) is 11.4 Å². The zero-order chi connectivity index (χ0) is 11.1. The van der Waals surface area contributed by atoms with Crippen LogP contribution >= 0.6 is 37.2 Å². The predicted molar refractivity (Wildman–Crippen MR) is 79.6 cm³/mol. The third-order valence-electron chi connectivity index (χ3n) is 1.89. The average molecular weight is 316 g/mol.